The molecule has 1 amide bonds. The topological polar surface area (TPSA) is 75.7 Å². The Morgan fingerprint density at radius 2 is 2.14 bits per heavy atom. The molecule has 0 aromatic carbocycles. The Balaban J connectivity index is 4.39. The summed E-state index contributed by atoms with van der Waals surface area (Å²) >= 11 is 5.60. The molecule has 1 N–H and O–H groups in total. The van der Waals surface area contributed by atoms with E-state index < -0.39 is 16.3 Å². The fourth-order valence-electron chi connectivity index (χ4n) is 0.677. The van der Waals surface area contributed by atoms with Crippen molar-refractivity contribution in [3.63, 3.8) is 0 Å². The van der Waals surface area contributed by atoms with Crippen molar-refractivity contribution in [1.82, 2.24) is 9.03 Å². The summed E-state index contributed by atoms with van der Waals surface area (Å²) in [7, 11) is -1.45. The van der Waals surface area contributed by atoms with Crippen LogP contribution < -0.4 is 4.72 Å². The summed E-state index contributed by atoms with van der Waals surface area (Å²) in [5.74, 6) is 0. The van der Waals surface area contributed by atoms with Crippen molar-refractivity contribution >= 4 is 27.9 Å². The van der Waals surface area contributed by atoms with Gasteiger partial charge in [-0.1, -0.05) is 0 Å². The van der Waals surface area contributed by atoms with E-state index in [4.69, 9.17) is 11.6 Å². The van der Waals surface area contributed by atoms with Crippen molar-refractivity contribution < 1.29 is 17.9 Å². The molecule has 0 fully saturated rings. The molecule has 0 aromatic heterocycles. The smallest absolute Gasteiger partial charge is 0.421 e. The average molecular weight is 245 g/mol. The summed E-state index contributed by atoms with van der Waals surface area (Å²) in [5.41, 5.74) is 0. The van der Waals surface area contributed by atoms with Crippen LogP contribution in [0.25, 0.3) is 0 Å². The number of halogens is 1. The molecule has 0 aliphatic heterocycles. The lowest BCUT2D eigenvalue weighted by Crippen LogP contribution is -2.43. The first-order valence-corrected chi connectivity index (χ1v) is 5.63. The van der Waals surface area contributed by atoms with Gasteiger partial charge >= 0.3 is 16.3 Å². The Hall–Kier alpha value is -0.530. The molecule has 14 heavy (non-hydrogen) atoms. The van der Waals surface area contributed by atoms with Crippen molar-refractivity contribution in [3.8, 4) is 0 Å². The Bertz CT molecular complexity index is 290. The normalized spacial score (nSPS) is 13.8. The van der Waals surface area contributed by atoms with Gasteiger partial charge in [-0.3, -0.25) is 0 Å². The van der Waals surface area contributed by atoms with Gasteiger partial charge in [0.15, 0.2) is 0 Å². The van der Waals surface area contributed by atoms with E-state index in [2.05, 4.69) is 4.74 Å². The fraction of sp³-hybridized carbons (Fsp3) is 0.833. The average Bonchev–Trinajstić information content (AvgIpc) is 2.02. The Morgan fingerprint density at radius 1 is 1.64 bits per heavy atom. The van der Waals surface area contributed by atoms with Crippen LogP contribution in [0, 0.1) is 0 Å². The van der Waals surface area contributed by atoms with E-state index in [1.54, 1.807) is 11.6 Å². The maximum Gasteiger partial charge on any atom is 0.421 e. The first-order valence-electron chi connectivity index (χ1n) is 3.75. The van der Waals surface area contributed by atoms with Crippen molar-refractivity contribution in [2.24, 2.45) is 0 Å². The molecule has 0 rings (SSSR count). The van der Waals surface area contributed by atoms with Crippen molar-refractivity contribution in [2.45, 2.75) is 12.3 Å². The first kappa shape index (κ1) is 13.5. The van der Waals surface area contributed by atoms with Crippen LogP contribution in [0.15, 0.2) is 0 Å². The monoisotopic (exact) mass is 244 g/mol. The predicted molar refractivity (Wildman–Crippen MR) is 52.4 cm³/mol. The van der Waals surface area contributed by atoms with Gasteiger partial charge in [-0.2, -0.15) is 12.7 Å². The summed E-state index contributed by atoms with van der Waals surface area (Å²) in [6.45, 7) is 1.75. The number of carbonyl (C=O) groups is 1. The number of hydrogen-bond acceptors (Lipinski definition) is 4. The van der Waals surface area contributed by atoms with Crippen LogP contribution in [0.5, 0.6) is 0 Å². The summed E-state index contributed by atoms with van der Waals surface area (Å²) in [4.78, 5) is 10.6. The van der Waals surface area contributed by atoms with Crippen LogP contribution in [0.1, 0.15) is 6.92 Å². The molecule has 8 heteroatoms. The minimum Gasteiger partial charge on any atom is -0.452 e. The molecule has 0 aromatic rings. The number of methoxy groups -OCH3 is 1. The summed E-state index contributed by atoms with van der Waals surface area (Å²) in [5, 5.41) is -0.339. The Kier molecular flexibility index (Phi) is 5.17. The van der Waals surface area contributed by atoms with Gasteiger partial charge < -0.3 is 4.74 Å². The van der Waals surface area contributed by atoms with Gasteiger partial charge in [0.2, 0.25) is 0 Å². The predicted octanol–water partition coefficient (Wildman–Crippen LogP) is 0.146. The molecule has 0 heterocycles. The number of hydrogen-bond donors (Lipinski definition) is 1. The summed E-state index contributed by atoms with van der Waals surface area (Å²) in [6, 6.07) is 0. The molecular weight excluding hydrogens is 232 g/mol. The highest BCUT2D eigenvalue weighted by molar-refractivity contribution is 7.87. The van der Waals surface area contributed by atoms with Gasteiger partial charge in [0.05, 0.1) is 7.11 Å². The molecule has 1 unspecified atom stereocenters. The third-order valence-corrected chi connectivity index (χ3v) is 2.85. The molecule has 0 radical (unpaired) electrons. The molecule has 0 saturated carbocycles. The first-order chi connectivity index (χ1) is 6.29. The number of nitrogens with one attached hydrogen (secondary N) is 1. The standard InChI is InChI=1S/C6H13ClN2O4S/c1-5(7)4-9(2)14(11,12)8-6(10)13-3/h5H,4H2,1-3H3,(H,8,10). The van der Waals surface area contributed by atoms with E-state index in [0.29, 0.717) is 0 Å². The molecule has 0 bridgehead atoms. The van der Waals surface area contributed by atoms with E-state index in [9.17, 15) is 13.2 Å². The van der Waals surface area contributed by atoms with Crippen molar-refractivity contribution in [2.75, 3.05) is 20.7 Å². The lowest BCUT2D eigenvalue weighted by Gasteiger charge is -2.17. The second-order valence-electron chi connectivity index (χ2n) is 2.66. The van der Waals surface area contributed by atoms with Gasteiger partial charge in [-0.05, 0) is 6.92 Å². The van der Waals surface area contributed by atoms with Crippen LogP contribution in [-0.2, 0) is 14.9 Å². The van der Waals surface area contributed by atoms with E-state index in [1.165, 1.54) is 7.05 Å². The highest BCUT2D eigenvalue weighted by Gasteiger charge is 2.21. The maximum absolute atomic E-state index is 11.3. The molecule has 1 atom stereocenters. The molecule has 0 aliphatic rings. The van der Waals surface area contributed by atoms with Gasteiger partial charge in [-0.25, -0.2) is 9.52 Å². The van der Waals surface area contributed by atoms with Gasteiger partial charge in [0.25, 0.3) is 0 Å². The summed E-state index contributed by atoms with van der Waals surface area (Å²) < 4.78 is 29.4. The van der Waals surface area contributed by atoms with E-state index in [1.807, 2.05) is 0 Å². The van der Waals surface area contributed by atoms with E-state index in [0.717, 1.165) is 11.4 Å². The van der Waals surface area contributed by atoms with Crippen LogP contribution in [0.3, 0.4) is 0 Å². The van der Waals surface area contributed by atoms with Crippen molar-refractivity contribution in [3.05, 3.63) is 0 Å². The second kappa shape index (κ2) is 5.38. The highest BCUT2D eigenvalue weighted by Crippen LogP contribution is 2.01. The van der Waals surface area contributed by atoms with Gasteiger partial charge in [0, 0.05) is 19.0 Å². The molecule has 0 saturated heterocycles. The molecular formula is C6H13ClN2O4S. The number of ether oxygens (including phenoxy) is 1. The highest BCUT2D eigenvalue weighted by atomic mass is 35.5. The zero-order valence-corrected chi connectivity index (χ0v) is 9.72. The SMILES string of the molecule is COC(=O)NS(=O)(=O)N(C)CC(C)Cl. The molecule has 84 valence electrons. The third-order valence-electron chi connectivity index (χ3n) is 1.32. The van der Waals surface area contributed by atoms with Gasteiger partial charge in [-0.15, -0.1) is 11.6 Å². The maximum atomic E-state index is 11.3. The van der Waals surface area contributed by atoms with Crippen LogP contribution in [0.2, 0.25) is 0 Å². The number of carbonyl (C=O) groups excluding carboxylic acids is 1. The number of amides is 1. The third kappa shape index (κ3) is 4.64. The number of nitrogens with zero attached hydrogens (tertiary/aromatic N) is 1. The van der Waals surface area contributed by atoms with Crippen LogP contribution in [0.4, 0.5) is 4.79 Å². The minimum absolute atomic E-state index is 0.105. The largest absolute Gasteiger partial charge is 0.452 e. The molecule has 0 spiro atoms. The zero-order valence-electron chi connectivity index (χ0n) is 8.15. The molecule has 6 nitrogen and oxygen atoms in total. The number of alkyl halides is 1. The van der Waals surface area contributed by atoms with E-state index in [-0.39, 0.29) is 11.9 Å². The second-order valence-corrected chi connectivity index (χ2v) is 5.18. The zero-order chi connectivity index (χ0) is 11.4. The van der Waals surface area contributed by atoms with Crippen LogP contribution in [-0.4, -0.2) is 44.9 Å². The Morgan fingerprint density at radius 3 is 2.50 bits per heavy atom. The minimum atomic E-state index is -3.84. The number of rotatable bonds is 4. The van der Waals surface area contributed by atoms with Crippen LogP contribution >= 0.6 is 11.6 Å². The van der Waals surface area contributed by atoms with Crippen molar-refractivity contribution in [1.29, 1.82) is 0 Å². The molecule has 0 aliphatic carbocycles. The van der Waals surface area contributed by atoms with Gasteiger partial charge in [0.1, 0.15) is 0 Å². The lowest BCUT2D eigenvalue weighted by molar-refractivity contribution is 0.177. The lowest BCUT2D eigenvalue weighted by atomic mass is 10.5. The quantitative estimate of drug-likeness (QED) is 0.714. The summed E-state index contributed by atoms with van der Waals surface area (Å²) in [6.07, 6.45) is -1.03. The Labute approximate surface area is 88.3 Å². The fourth-order valence-corrected chi connectivity index (χ4v) is 1.84. The van der Waals surface area contributed by atoms with E-state index >= 15 is 0 Å².